The van der Waals surface area contributed by atoms with Gasteiger partial charge in [-0.05, 0) is 37.0 Å². The van der Waals surface area contributed by atoms with E-state index in [1.54, 1.807) is 0 Å². The minimum atomic E-state index is -3.21. The van der Waals surface area contributed by atoms with Gasteiger partial charge in [0.1, 0.15) is 0 Å². The van der Waals surface area contributed by atoms with Gasteiger partial charge in [-0.25, -0.2) is 12.7 Å². The van der Waals surface area contributed by atoms with E-state index < -0.39 is 10.0 Å². The average molecular weight is 345 g/mol. The van der Waals surface area contributed by atoms with Gasteiger partial charge in [-0.3, -0.25) is 4.79 Å². The fraction of sp³-hybridized carbons (Fsp3) is 0.941. The van der Waals surface area contributed by atoms with Gasteiger partial charge in [0.15, 0.2) is 0 Å². The van der Waals surface area contributed by atoms with Crippen LogP contribution in [0.1, 0.15) is 59.3 Å². The maximum absolute atomic E-state index is 12.7. The summed E-state index contributed by atoms with van der Waals surface area (Å²) < 4.78 is 24.9. The number of hydrogen-bond acceptors (Lipinski definition) is 3. The SMILES string of the molecule is CC(C)(C)C1CCCCC1NC(=O)C1CCCN(S(C)(=O)=O)C1. The highest BCUT2D eigenvalue weighted by atomic mass is 32.2. The van der Waals surface area contributed by atoms with E-state index >= 15 is 0 Å². The second-order valence-electron chi connectivity index (χ2n) is 8.33. The molecule has 23 heavy (non-hydrogen) atoms. The van der Waals surface area contributed by atoms with Crippen molar-refractivity contribution in [2.75, 3.05) is 19.3 Å². The lowest BCUT2D eigenvalue weighted by molar-refractivity contribution is -0.127. The molecule has 1 heterocycles. The summed E-state index contributed by atoms with van der Waals surface area (Å²) >= 11 is 0. The molecule has 0 bridgehead atoms. The first-order valence-corrected chi connectivity index (χ1v) is 10.7. The molecule has 0 aromatic rings. The Morgan fingerprint density at radius 2 is 1.74 bits per heavy atom. The lowest BCUT2D eigenvalue weighted by Crippen LogP contribution is -2.51. The largest absolute Gasteiger partial charge is 0.353 e. The summed E-state index contributed by atoms with van der Waals surface area (Å²) in [7, 11) is -3.21. The third-order valence-corrected chi connectivity index (χ3v) is 6.70. The maximum atomic E-state index is 12.7. The number of amides is 1. The molecule has 3 atom stereocenters. The van der Waals surface area contributed by atoms with Gasteiger partial charge in [0.25, 0.3) is 0 Å². The van der Waals surface area contributed by atoms with Gasteiger partial charge in [0, 0.05) is 19.1 Å². The van der Waals surface area contributed by atoms with Crippen molar-refractivity contribution in [3.63, 3.8) is 0 Å². The number of nitrogens with one attached hydrogen (secondary N) is 1. The molecule has 6 heteroatoms. The van der Waals surface area contributed by atoms with Gasteiger partial charge >= 0.3 is 0 Å². The zero-order valence-corrected chi connectivity index (χ0v) is 15.8. The van der Waals surface area contributed by atoms with Crippen LogP contribution < -0.4 is 5.32 Å². The number of nitrogens with zero attached hydrogens (tertiary/aromatic N) is 1. The molecule has 1 saturated carbocycles. The normalized spacial score (nSPS) is 30.9. The molecule has 1 N–H and O–H groups in total. The van der Waals surface area contributed by atoms with Crippen molar-refractivity contribution in [1.82, 2.24) is 9.62 Å². The van der Waals surface area contributed by atoms with Crippen molar-refractivity contribution in [2.24, 2.45) is 17.3 Å². The Morgan fingerprint density at radius 1 is 1.09 bits per heavy atom. The highest BCUT2D eigenvalue weighted by Gasteiger charge is 2.37. The summed E-state index contributed by atoms with van der Waals surface area (Å²) in [5.74, 6) is 0.329. The van der Waals surface area contributed by atoms with E-state index in [2.05, 4.69) is 26.1 Å². The molecule has 0 aromatic carbocycles. The van der Waals surface area contributed by atoms with E-state index in [1.165, 1.54) is 17.0 Å². The lowest BCUT2D eigenvalue weighted by Gasteiger charge is -2.41. The first-order valence-electron chi connectivity index (χ1n) is 8.84. The van der Waals surface area contributed by atoms with Crippen molar-refractivity contribution in [3.8, 4) is 0 Å². The second kappa shape index (κ2) is 7.09. The third-order valence-electron chi connectivity index (χ3n) is 5.43. The number of piperidine rings is 1. The third kappa shape index (κ3) is 4.92. The van der Waals surface area contributed by atoms with Crippen LogP contribution in [0.25, 0.3) is 0 Å². The summed E-state index contributed by atoms with van der Waals surface area (Å²) in [5, 5.41) is 3.26. The van der Waals surface area contributed by atoms with Crippen LogP contribution in [-0.4, -0.2) is 44.0 Å². The summed E-state index contributed by atoms with van der Waals surface area (Å²) in [4.78, 5) is 12.7. The molecule has 1 aliphatic carbocycles. The molecule has 3 unspecified atom stereocenters. The molecule has 0 aromatic heterocycles. The zero-order chi connectivity index (χ0) is 17.3. The van der Waals surface area contributed by atoms with Crippen molar-refractivity contribution in [3.05, 3.63) is 0 Å². The number of rotatable bonds is 3. The summed E-state index contributed by atoms with van der Waals surface area (Å²) in [6.07, 6.45) is 7.37. The molecule has 1 aliphatic heterocycles. The minimum Gasteiger partial charge on any atom is -0.353 e. The van der Waals surface area contributed by atoms with Gasteiger partial charge < -0.3 is 5.32 Å². The van der Waals surface area contributed by atoms with E-state index in [9.17, 15) is 13.2 Å². The van der Waals surface area contributed by atoms with Crippen LogP contribution in [0.5, 0.6) is 0 Å². The van der Waals surface area contributed by atoms with Gasteiger partial charge in [0.05, 0.1) is 12.2 Å². The number of sulfonamides is 1. The van der Waals surface area contributed by atoms with Crippen LogP contribution in [0.4, 0.5) is 0 Å². The molecule has 134 valence electrons. The molecule has 2 aliphatic rings. The molecule has 5 nitrogen and oxygen atoms in total. The molecule has 1 amide bonds. The lowest BCUT2D eigenvalue weighted by atomic mass is 9.69. The number of hydrogen-bond donors (Lipinski definition) is 1. The quantitative estimate of drug-likeness (QED) is 0.855. The smallest absolute Gasteiger partial charge is 0.224 e. The van der Waals surface area contributed by atoms with Gasteiger partial charge in [-0.1, -0.05) is 33.6 Å². The Hall–Kier alpha value is -0.620. The zero-order valence-electron chi connectivity index (χ0n) is 15.0. The van der Waals surface area contributed by atoms with E-state index in [4.69, 9.17) is 0 Å². The average Bonchev–Trinajstić information content (AvgIpc) is 2.46. The fourth-order valence-corrected chi connectivity index (χ4v) is 5.01. The second-order valence-corrected chi connectivity index (χ2v) is 10.3. The van der Waals surface area contributed by atoms with Crippen molar-refractivity contribution >= 4 is 15.9 Å². The van der Waals surface area contributed by atoms with Crippen molar-refractivity contribution in [1.29, 1.82) is 0 Å². The Balaban J connectivity index is 2.00. The predicted molar refractivity (Wildman–Crippen MR) is 92.5 cm³/mol. The molecular formula is C17H32N2O3S. The molecule has 0 spiro atoms. The monoisotopic (exact) mass is 344 g/mol. The van der Waals surface area contributed by atoms with Crippen molar-refractivity contribution in [2.45, 2.75) is 65.3 Å². The summed E-state index contributed by atoms with van der Waals surface area (Å²) in [6.45, 7) is 7.60. The number of carbonyl (C=O) groups excluding carboxylic acids is 1. The van der Waals surface area contributed by atoms with Gasteiger partial charge in [-0.2, -0.15) is 0 Å². The molecule has 2 rings (SSSR count). The molecular weight excluding hydrogens is 312 g/mol. The van der Waals surface area contributed by atoms with Gasteiger partial charge in [-0.15, -0.1) is 0 Å². The minimum absolute atomic E-state index is 0.0412. The van der Waals surface area contributed by atoms with E-state index in [0.29, 0.717) is 19.0 Å². The standard InChI is InChI=1S/C17H32N2O3S/c1-17(2,3)14-9-5-6-10-15(14)18-16(20)13-8-7-11-19(12-13)23(4,21)22/h13-15H,5-12H2,1-4H3,(H,18,20). The molecule has 2 fully saturated rings. The van der Waals surface area contributed by atoms with Crippen LogP contribution in [0.15, 0.2) is 0 Å². The van der Waals surface area contributed by atoms with E-state index in [1.807, 2.05) is 0 Å². The Bertz CT molecular complexity index is 524. The van der Waals surface area contributed by atoms with Crippen LogP contribution >= 0.6 is 0 Å². The first kappa shape index (κ1) is 18.7. The van der Waals surface area contributed by atoms with Crippen LogP contribution in [-0.2, 0) is 14.8 Å². The fourth-order valence-electron chi connectivity index (χ4n) is 4.10. The van der Waals surface area contributed by atoms with Crippen LogP contribution in [0.2, 0.25) is 0 Å². The van der Waals surface area contributed by atoms with Crippen molar-refractivity contribution < 1.29 is 13.2 Å². The Morgan fingerprint density at radius 3 is 2.35 bits per heavy atom. The Kier molecular flexibility index (Phi) is 5.77. The highest BCUT2D eigenvalue weighted by Crippen LogP contribution is 2.38. The predicted octanol–water partition coefficient (Wildman–Crippen LogP) is 2.38. The molecule has 1 saturated heterocycles. The molecule has 0 radical (unpaired) electrons. The topological polar surface area (TPSA) is 66.5 Å². The number of carbonyl (C=O) groups is 1. The van der Waals surface area contributed by atoms with Crippen LogP contribution in [0.3, 0.4) is 0 Å². The van der Waals surface area contributed by atoms with E-state index in [0.717, 1.165) is 32.1 Å². The van der Waals surface area contributed by atoms with Gasteiger partial charge in [0.2, 0.25) is 15.9 Å². The first-order chi connectivity index (χ1) is 10.6. The highest BCUT2D eigenvalue weighted by molar-refractivity contribution is 7.88. The summed E-state index contributed by atoms with van der Waals surface area (Å²) in [6, 6.07) is 0.227. The van der Waals surface area contributed by atoms with E-state index in [-0.39, 0.29) is 23.3 Å². The van der Waals surface area contributed by atoms with Crippen LogP contribution in [0, 0.1) is 17.3 Å². The maximum Gasteiger partial charge on any atom is 0.224 e. The Labute approximate surface area is 141 Å². The summed E-state index contributed by atoms with van der Waals surface area (Å²) in [5.41, 5.74) is 0.184.